The van der Waals surface area contributed by atoms with Crippen LogP contribution in [0, 0.1) is 0 Å². The van der Waals surface area contributed by atoms with E-state index in [1.807, 2.05) is 37.3 Å². The molecule has 0 aliphatic rings. The first-order valence-electron chi connectivity index (χ1n) is 6.05. The van der Waals surface area contributed by atoms with E-state index in [1.165, 1.54) is 0 Å². The molecule has 0 saturated carbocycles. The molecule has 5 heteroatoms. The number of carbonyl (C=O) groups excluding carboxylic acids is 1. The van der Waals surface area contributed by atoms with Crippen molar-refractivity contribution in [2.45, 2.75) is 19.4 Å². The van der Waals surface area contributed by atoms with Crippen molar-refractivity contribution in [1.29, 1.82) is 0 Å². The lowest BCUT2D eigenvalue weighted by molar-refractivity contribution is 0.227. The first-order chi connectivity index (χ1) is 8.72. The highest BCUT2D eigenvalue weighted by molar-refractivity contribution is 5.74. The van der Waals surface area contributed by atoms with Gasteiger partial charge in [-0.1, -0.05) is 18.2 Å². The summed E-state index contributed by atoms with van der Waals surface area (Å²) < 4.78 is 5.43. The molecule has 0 saturated heterocycles. The molecule has 0 aromatic heterocycles. The molecule has 0 bridgehead atoms. The van der Waals surface area contributed by atoms with Crippen LogP contribution >= 0.6 is 0 Å². The minimum Gasteiger partial charge on any atom is -0.492 e. The molecule has 2 amide bonds. The van der Waals surface area contributed by atoms with Crippen molar-refractivity contribution in [2.24, 2.45) is 0 Å². The standard InChI is InChI=1S/C13H20N2O3/c1-11(7-9-16)15-13(17)14-8-10-18-12-5-3-2-4-6-12/h2-6,11,16H,7-10H2,1H3,(H2,14,15,17)/t11-/m1/s1. The zero-order valence-corrected chi connectivity index (χ0v) is 10.6. The Bertz CT molecular complexity index is 343. The van der Waals surface area contributed by atoms with Crippen LogP contribution in [0.1, 0.15) is 13.3 Å². The number of aliphatic hydroxyl groups is 1. The number of hydrogen-bond acceptors (Lipinski definition) is 3. The number of hydrogen-bond donors (Lipinski definition) is 3. The molecule has 5 nitrogen and oxygen atoms in total. The molecule has 100 valence electrons. The molecular weight excluding hydrogens is 232 g/mol. The Labute approximate surface area is 107 Å². The SMILES string of the molecule is C[C@H](CCO)NC(=O)NCCOc1ccccc1. The lowest BCUT2D eigenvalue weighted by Gasteiger charge is -2.13. The number of aliphatic hydroxyl groups excluding tert-OH is 1. The number of urea groups is 1. The van der Waals surface area contributed by atoms with E-state index >= 15 is 0 Å². The Morgan fingerprint density at radius 3 is 2.78 bits per heavy atom. The second kappa shape index (κ2) is 8.36. The van der Waals surface area contributed by atoms with Crippen LogP contribution in [0.4, 0.5) is 4.79 Å². The predicted octanol–water partition coefficient (Wildman–Crippen LogP) is 1.14. The number of ether oxygens (including phenoxy) is 1. The van der Waals surface area contributed by atoms with Crippen LogP contribution in [-0.2, 0) is 0 Å². The predicted molar refractivity (Wildman–Crippen MR) is 69.6 cm³/mol. The van der Waals surface area contributed by atoms with Gasteiger partial charge in [0.25, 0.3) is 0 Å². The van der Waals surface area contributed by atoms with Crippen molar-refractivity contribution < 1.29 is 14.6 Å². The third-order valence-electron chi connectivity index (χ3n) is 2.34. The van der Waals surface area contributed by atoms with E-state index in [9.17, 15) is 4.79 Å². The molecule has 1 aromatic rings. The fourth-order valence-corrected chi connectivity index (χ4v) is 1.39. The first kappa shape index (κ1) is 14.3. The van der Waals surface area contributed by atoms with Gasteiger partial charge in [0.05, 0.1) is 6.54 Å². The summed E-state index contributed by atoms with van der Waals surface area (Å²) in [6, 6.07) is 9.16. The topological polar surface area (TPSA) is 70.6 Å². The minimum atomic E-state index is -0.243. The second-order valence-corrected chi connectivity index (χ2v) is 3.98. The van der Waals surface area contributed by atoms with Gasteiger partial charge in [-0.2, -0.15) is 0 Å². The quantitative estimate of drug-likeness (QED) is 0.637. The monoisotopic (exact) mass is 252 g/mol. The van der Waals surface area contributed by atoms with Gasteiger partial charge >= 0.3 is 6.03 Å². The molecule has 0 radical (unpaired) electrons. The summed E-state index contributed by atoms with van der Waals surface area (Å²) in [6.45, 7) is 2.77. The summed E-state index contributed by atoms with van der Waals surface area (Å²) in [6.07, 6.45) is 0.550. The van der Waals surface area contributed by atoms with Gasteiger partial charge in [0.15, 0.2) is 0 Å². The van der Waals surface area contributed by atoms with Crippen molar-refractivity contribution >= 4 is 6.03 Å². The van der Waals surface area contributed by atoms with Crippen LogP contribution in [0.3, 0.4) is 0 Å². The Hall–Kier alpha value is -1.75. The average molecular weight is 252 g/mol. The van der Waals surface area contributed by atoms with Gasteiger partial charge in [-0.25, -0.2) is 4.79 Å². The molecule has 0 heterocycles. The molecule has 0 unspecified atom stereocenters. The number of para-hydroxylation sites is 1. The van der Waals surface area contributed by atoms with Gasteiger partial charge in [0.1, 0.15) is 12.4 Å². The largest absolute Gasteiger partial charge is 0.492 e. The lowest BCUT2D eigenvalue weighted by Crippen LogP contribution is -2.42. The molecule has 1 atom stereocenters. The van der Waals surface area contributed by atoms with E-state index in [0.29, 0.717) is 19.6 Å². The minimum absolute atomic E-state index is 0.0370. The summed E-state index contributed by atoms with van der Waals surface area (Å²) in [5, 5.41) is 14.1. The van der Waals surface area contributed by atoms with E-state index in [4.69, 9.17) is 9.84 Å². The second-order valence-electron chi connectivity index (χ2n) is 3.98. The smallest absolute Gasteiger partial charge is 0.315 e. The number of benzene rings is 1. The molecule has 1 aromatic carbocycles. The lowest BCUT2D eigenvalue weighted by atomic mass is 10.2. The summed E-state index contributed by atoms with van der Waals surface area (Å²) in [7, 11) is 0. The Kier molecular flexibility index (Phi) is 6.64. The number of nitrogens with one attached hydrogen (secondary N) is 2. The molecule has 18 heavy (non-hydrogen) atoms. The van der Waals surface area contributed by atoms with Crippen molar-refractivity contribution in [3.8, 4) is 5.75 Å². The van der Waals surface area contributed by atoms with Gasteiger partial charge in [0, 0.05) is 12.6 Å². The molecule has 0 spiro atoms. The van der Waals surface area contributed by atoms with Crippen LogP contribution in [0.25, 0.3) is 0 Å². The first-order valence-corrected chi connectivity index (χ1v) is 6.05. The van der Waals surface area contributed by atoms with E-state index in [0.717, 1.165) is 5.75 Å². The zero-order chi connectivity index (χ0) is 13.2. The average Bonchev–Trinajstić information content (AvgIpc) is 2.36. The molecule has 0 fully saturated rings. The van der Waals surface area contributed by atoms with Crippen LogP contribution in [0.5, 0.6) is 5.75 Å². The highest BCUT2D eigenvalue weighted by Crippen LogP contribution is 2.07. The third-order valence-corrected chi connectivity index (χ3v) is 2.34. The molecule has 3 N–H and O–H groups in total. The third kappa shape index (κ3) is 6.10. The zero-order valence-electron chi connectivity index (χ0n) is 10.6. The summed E-state index contributed by atoms with van der Waals surface area (Å²) in [5.74, 6) is 0.786. The van der Waals surface area contributed by atoms with Gasteiger partial charge in [-0.05, 0) is 25.5 Å². The Balaban J connectivity index is 2.09. The fraction of sp³-hybridized carbons (Fsp3) is 0.462. The van der Waals surface area contributed by atoms with Gasteiger partial charge < -0.3 is 20.5 Å². The maximum Gasteiger partial charge on any atom is 0.315 e. The highest BCUT2D eigenvalue weighted by atomic mass is 16.5. The molecule has 1 rings (SSSR count). The highest BCUT2D eigenvalue weighted by Gasteiger charge is 2.05. The van der Waals surface area contributed by atoms with Crippen molar-refractivity contribution in [3.05, 3.63) is 30.3 Å². The fourth-order valence-electron chi connectivity index (χ4n) is 1.39. The maximum atomic E-state index is 11.4. The van der Waals surface area contributed by atoms with E-state index < -0.39 is 0 Å². The molecule has 0 aliphatic carbocycles. The maximum absolute atomic E-state index is 11.4. The summed E-state index contributed by atoms with van der Waals surface area (Å²) >= 11 is 0. The van der Waals surface area contributed by atoms with Crippen LogP contribution in [0.15, 0.2) is 30.3 Å². The number of carbonyl (C=O) groups is 1. The van der Waals surface area contributed by atoms with E-state index in [1.54, 1.807) is 0 Å². The van der Waals surface area contributed by atoms with Crippen LogP contribution < -0.4 is 15.4 Å². The van der Waals surface area contributed by atoms with Crippen molar-refractivity contribution in [3.63, 3.8) is 0 Å². The van der Waals surface area contributed by atoms with Crippen LogP contribution in [-0.4, -0.2) is 36.9 Å². The number of rotatable bonds is 7. The molecular formula is C13H20N2O3. The van der Waals surface area contributed by atoms with Crippen molar-refractivity contribution in [2.75, 3.05) is 19.8 Å². The number of amides is 2. The van der Waals surface area contributed by atoms with Crippen molar-refractivity contribution in [1.82, 2.24) is 10.6 Å². The normalized spacial score (nSPS) is 11.7. The van der Waals surface area contributed by atoms with E-state index in [-0.39, 0.29) is 18.7 Å². The summed E-state index contributed by atoms with van der Waals surface area (Å²) in [5.41, 5.74) is 0. The van der Waals surface area contributed by atoms with E-state index in [2.05, 4.69) is 10.6 Å². The summed E-state index contributed by atoms with van der Waals surface area (Å²) in [4.78, 5) is 11.4. The Morgan fingerprint density at radius 2 is 2.11 bits per heavy atom. The Morgan fingerprint density at radius 1 is 1.39 bits per heavy atom. The van der Waals surface area contributed by atoms with Gasteiger partial charge in [-0.3, -0.25) is 0 Å². The molecule has 0 aliphatic heterocycles. The van der Waals surface area contributed by atoms with Gasteiger partial charge in [0.2, 0.25) is 0 Å². The van der Waals surface area contributed by atoms with Gasteiger partial charge in [-0.15, -0.1) is 0 Å². The van der Waals surface area contributed by atoms with Crippen LogP contribution in [0.2, 0.25) is 0 Å².